The Labute approximate surface area is 129 Å². The van der Waals surface area contributed by atoms with Gasteiger partial charge in [0.2, 0.25) is 0 Å². The number of esters is 1. The van der Waals surface area contributed by atoms with Crippen LogP contribution in [0.5, 0.6) is 5.88 Å². The molecule has 0 saturated carbocycles. The summed E-state index contributed by atoms with van der Waals surface area (Å²) >= 11 is 1.56. The summed E-state index contributed by atoms with van der Waals surface area (Å²) in [5.74, 6) is -2.59. The Bertz CT molecular complexity index is 564. The molecule has 0 N–H and O–H groups in total. The van der Waals surface area contributed by atoms with E-state index in [1.54, 1.807) is 29.5 Å². The lowest BCUT2D eigenvalue weighted by Gasteiger charge is -2.08. The topological polar surface area (TPSA) is 91.6 Å². The van der Waals surface area contributed by atoms with Crippen molar-refractivity contribution < 1.29 is 32.4 Å². The van der Waals surface area contributed by atoms with E-state index >= 15 is 0 Å². The third kappa shape index (κ3) is 5.32. The number of carbonyl (C=O) groups excluding carboxylic acids is 1. The van der Waals surface area contributed by atoms with Crippen LogP contribution in [-0.4, -0.2) is 28.8 Å². The molecular weight excluding hydrogens is 412 g/mol. The molecule has 0 bridgehead atoms. The lowest BCUT2D eigenvalue weighted by atomic mass is 10.2. The highest BCUT2D eigenvalue weighted by atomic mass is 127. The van der Waals surface area contributed by atoms with Gasteiger partial charge in [0.15, 0.2) is 0 Å². The van der Waals surface area contributed by atoms with Gasteiger partial charge in [-0.25, -0.2) is 0 Å². The van der Waals surface area contributed by atoms with Crippen LogP contribution in [0.25, 0.3) is 0 Å². The monoisotopic (exact) mass is 420 g/mol. The first kappa shape index (κ1) is 17.4. The van der Waals surface area contributed by atoms with Crippen LogP contribution in [-0.2, 0) is 16.0 Å². The number of nitro groups is 1. The first-order valence-electron chi connectivity index (χ1n) is 5.39. The zero-order valence-corrected chi connectivity index (χ0v) is 12.6. The Hall–Kier alpha value is -1.66. The standard InChI is InChI=1S/C10H8F3IN2O5/c1-2-20-8(17)3-5-6(14)4-7(21-10(11,12)13)15-9(5)16(18)19/h4H,2-3H2,1H3. The zero-order valence-electron chi connectivity index (χ0n) is 10.4. The molecule has 0 radical (unpaired) electrons. The van der Waals surface area contributed by atoms with Crippen LogP contribution in [0.3, 0.4) is 0 Å². The minimum Gasteiger partial charge on any atom is -0.466 e. The van der Waals surface area contributed by atoms with E-state index < -0.39 is 35.4 Å². The van der Waals surface area contributed by atoms with Crippen LogP contribution in [0, 0.1) is 13.7 Å². The largest absolute Gasteiger partial charge is 0.575 e. The molecule has 0 unspecified atom stereocenters. The summed E-state index contributed by atoms with van der Waals surface area (Å²) < 4.78 is 44.6. The van der Waals surface area contributed by atoms with E-state index in [-0.39, 0.29) is 15.7 Å². The summed E-state index contributed by atoms with van der Waals surface area (Å²) in [6.45, 7) is 1.63. The van der Waals surface area contributed by atoms with Crippen molar-refractivity contribution in [3.05, 3.63) is 25.3 Å². The van der Waals surface area contributed by atoms with Gasteiger partial charge >= 0.3 is 24.0 Å². The molecule has 0 spiro atoms. The van der Waals surface area contributed by atoms with Crippen molar-refractivity contribution in [3.63, 3.8) is 0 Å². The Morgan fingerprint density at radius 1 is 1.52 bits per heavy atom. The van der Waals surface area contributed by atoms with Crippen molar-refractivity contribution >= 4 is 34.4 Å². The number of nitrogens with zero attached hydrogens (tertiary/aromatic N) is 2. The van der Waals surface area contributed by atoms with Gasteiger partial charge in [0.05, 0.1) is 18.6 Å². The number of carbonyl (C=O) groups is 1. The molecule has 0 fully saturated rings. The molecular formula is C10H8F3IN2O5. The van der Waals surface area contributed by atoms with Crippen LogP contribution < -0.4 is 4.74 Å². The number of aromatic nitrogens is 1. The fraction of sp³-hybridized carbons (Fsp3) is 0.400. The van der Waals surface area contributed by atoms with Crippen molar-refractivity contribution in [2.45, 2.75) is 19.7 Å². The molecule has 0 aromatic carbocycles. The van der Waals surface area contributed by atoms with Crippen LogP contribution in [0.15, 0.2) is 6.07 Å². The number of pyridine rings is 1. The highest BCUT2D eigenvalue weighted by Gasteiger charge is 2.35. The van der Waals surface area contributed by atoms with Gasteiger partial charge in [-0.15, -0.1) is 13.2 Å². The summed E-state index contributed by atoms with van der Waals surface area (Å²) in [5.41, 5.74) is -0.131. The molecule has 7 nitrogen and oxygen atoms in total. The van der Waals surface area contributed by atoms with Gasteiger partial charge < -0.3 is 19.6 Å². The van der Waals surface area contributed by atoms with Crippen LogP contribution >= 0.6 is 22.6 Å². The van der Waals surface area contributed by atoms with Crippen LogP contribution in [0.4, 0.5) is 19.0 Å². The average molecular weight is 420 g/mol. The number of halogens is 4. The molecule has 0 atom stereocenters. The van der Waals surface area contributed by atoms with Crippen molar-refractivity contribution in [1.82, 2.24) is 4.98 Å². The SMILES string of the molecule is CCOC(=O)Cc1c(I)cc(OC(F)(F)F)nc1[N+](=O)[O-]. The smallest absolute Gasteiger partial charge is 0.466 e. The zero-order chi connectivity index (χ0) is 16.2. The fourth-order valence-corrected chi connectivity index (χ4v) is 2.05. The maximum absolute atomic E-state index is 12.1. The van der Waals surface area contributed by atoms with Crippen LogP contribution in [0.1, 0.15) is 12.5 Å². The van der Waals surface area contributed by atoms with E-state index in [0.717, 1.165) is 6.07 Å². The molecule has 116 valence electrons. The summed E-state index contributed by atoms with van der Waals surface area (Å²) in [6, 6.07) is 0.857. The van der Waals surface area contributed by atoms with Gasteiger partial charge in [0.25, 0.3) is 0 Å². The van der Waals surface area contributed by atoms with E-state index in [1.807, 2.05) is 0 Å². The van der Waals surface area contributed by atoms with Gasteiger partial charge in [-0.1, -0.05) is 0 Å². The van der Waals surface area contributed by atoms with Crippen LogP contribution in [0.2, 0.25) is 0 Å². The van der Waals surface area contributed by atoms with Gasteiger partial charge in [-0.3, -0.25) is 4.79 Å². The summed E-state index contributed by atoms with van der Waals surface area (Å²) in [5, 5.41) is 10.9. The van der Waals surface area contributed by atoms with Crippen molar-refractivity contribution in [2.24, 2.45) is 0 Å². The minimum atomic E-state index is -5.02. The summed E-state index contributed by atoms with van der Waals surface area (Å²) in [6.07, 6.45) is -5.49. The highest BCUT2D eigenvalue weighted by molar-refractivity contribution is 14.1. The van der Waals surface area contributed by atoms with Gasteiger partial charge in [0.1, 0.15) is 0 Å². The third-order valence-corrected chi connectivity index (χ3v) is 3.01. The fourth-order valence-electron chi connectivity index (χ4n) is 1.35. The molecule has 0 aliphatic carbocycles. The Kier molecular flexibility index (Phi) is 5.69. The molecule has 11 heteroatoms. The molecule has 0 aliphatic rings. The van der Waals surface area contributed by atoms with E-state index in [9.17, 15) is 28.1 Å². The second-order valence-electron chi connectivity index (χ2n) is 3.53. The molecule has 1 rings (SSSR count). The maximum atomic E-state index is 12.1. The normalized spacial score (nSPS) is 11.1. The molecule has 1 aromatic heterocycles. The molecule has 1 heterocycles. The second-order valence-corrected chi connectivity index (χ2v) is 4.69. The Balaban J connectivity index is 3.19. The van der Waals surface area contributed by atoms with E-state index in [1.165, 1.54) is 0 Å². The first-order chi connectivity index (χ1) is 9.64. The van der Waals surface area contributed by atoms with E-state index in [4.69, 9.17) is 0 Å². The lowest BCUT2D eigenvalue weighted by molar-refractivity contribution is -0.390. The van der Waals surface area contributed by atoms with Gasteiger partial charge in [-0.05, 0) is 34.4 Å². The lowest BCUT2D eigenvalue weighted by Crippen LogP contribution is -2.19. The average Bonchev–Trinajstić information content (AvgIpc) is 2.30. The van der Waals surface area contributed by atoms with Crippen molar-refractivity contribution in [2.75, 3.05) is 6.61 Å². The molecule has 1 aromatic rings. The van der Waals surface area contributed by atoms with E-state index in [0.29, 0.717) is 0 Å². The molecule has 0 saturated heterocycles. The highest BCUT2D eigenvalue weighted by Crippen LogP contribution is 2.29. The van der Waals surface area contributed by atoms with Gasteiger partial charge in [0, 0.05) is 14.6 Å². The number of alkyl halides is 3. The summed E-state index contributed by atoms with van der Waals surface area (Å²) in [4.78, 5) is 24.4. The number of ether oxygens (including phenoxy) is 2. The third-order valence-electron chi connectivity index (χ3n) is 2.04. The maximum Gasteiger partial charge on any atom is 0.575 e. The predicted molar refractivity (Wildman–Crippen MR) is 70.6 cm³/mol. The first-order valence-corrected chi connectivity index (χ1v) is 6.47. The minimum absolute atomic E-state index is 0.0432. The molecule has 0 amide bonds. The van der Waals surface area contributed by atoms with E-state index in [2.05, 4.69) is 14.5 Å². The Morgan fingerprint density at radius 2 is 2.14 bits per heavy atom. The predicted octanol–water partition coefficient (Wildman–Crippen LogP) is 2.60. The molecule has 0 aliphatic heterocycles. The second kappa shape index (κ2) is 6.87. The van der Waals surface area contributed by atoms with Crippen molar-refractivity contribution in [1.29, 1.82) is 0 Å². The van der Waals surface area contributed by atoms with Crippen molar-refractivity contribution in [3.8, 4) is 5.88 Å². The number of hydrogen-bond acceptors (Lipinski definition) is 6. The Morgan fingerprint density at radius 3 is 2.62 bits per heavy atom. The molecule has 21 heavy (non-hydrogen) atoms. The van der Waals surface area contributed by atoms with Gasteiger partial charge in [-0.2, -0.15) is 0 Å². The number of hydrogen-bond donors (Lipinski definition) is 0. The quantitative estimate of drug-likeness (QED) is 0.315. The summed E-state index contributed by atoms with van der Waals surface area (Å²) in [7, 11) is 0. The number of rotatable bonds is 5.